The van der Waals surface area contributed by atoms with Crippen molar-refractivity contribution in [2.24, 2.45) is 0 Å². The molecule has 1 rings (SSSR count). The summed E-state index contributed by atoms with van der Waals surface area (Å²) in [7, 11) is 0. The van der Waals surface area contributed by atoms with E-state index >= 15 is 0 Å². The molecular formula is C13H13ClF3NO3. The van der Waals surface area contributed by atoms with Crippen molar-refractivity contribution in [3.8, 4) is 0 Å². The van der Waals surface area contributed by atoms with Crippen molar-refractivity contribution in [3.63, 3.8) is 0 Å². The molecule has 0 radical (unpaired) electrons. The first-order valence-electron chi connectivity index (χ1n) is 5.81. The molecule has 0 atom stereocenters. The first kappa shape index (κ1) is 17.3. The van der Waals surface area contributed by atoms with Gasteiger partial charge in [-0.2, -0.15) is 13.2 Å². The Morgan fingerprint density at radius 2 is 1.76 bits per heavy atom. The maximum atomic E-state index is 12.4. The van der Waals surface area contributed by atoms with E-state index in [0.29, 0.717) is 0 Å². The van der Waals surface area contributed by atoms with E-state index in [-0.39, 0.29) is 10.7 Å². The monoisotopic (exact) mass is 323 g/mol. The molecule has 0 bridgehead atoms. The van der Waals surface area contributed by atoms with Gasteiger partial charge in [-0.25, -0.2) is 4.79 Å². The van der Waals surface area contributed by atoms with Crippen LogP contribution in [0.3, 0.4) is 0 Å². The van der Waals surface area contributed by atoms with Crippen LogP contribution < -0.4 is 5.32 Å². The highest BCUT2D eigenvalue weighted by molar-refractivity contribution is 6.33. The van der Waals surface area contributed by atoms with Gasteiger partial charge < -0.3 is 4.74 Å². The van der Waals surface area contributed by atoms with Crippen molar-refractivity contribution in [1.29, 1.82) is 0 Å². The number of alkyl halides is 3. The van der Waals surface area contributed by atoms with E-state index in [1.54, 1.807) is 20.8 Å². The van der Waals surface area contributed by atoms with Crippen LogP contribution in [0.5, 0.6) is 0 Å². The Hall–Kier alpha value is -1.76. The molecule has 4 nitrogen and oxygen atoms in total. The third kappa shape index (κ3) is 5.26. The Morgan fingerprint density at radius 1 is 1.19 bits per heavy atom. The molecule has 0 saturated heterocycles. The van der Waals surface area contributed by atoms with Crippen molar-refractivity contribution >= 4 is 29.2 Å². The molecule has 21 heavy (non-hydrogen) atoms. The van der Waals surface area contributed by atoms with Crippen LogP contribution in [0.15, 0.2) is 18.2 Å². The van der Waals surface area contributed by atoms with Crippen LogP contribution in [0.2, 0.25) is 5.02 Å². The highest BCUT2D eigenvalue weighted by atomic mass is 35.5. The van der Waals surface area contributed by atoms with Gasteiger partial charge in [-0.05, 0) is 39.0 Å². The number of nitrogens with one attached hydrogen (secondary N) is 1. The fourth-order valence-electron chi connectivity index (χ4n) is 1.34. The quantitative estimate of drug-likeness (QED) is 0.819. The van der Waals surface area contributed by atoms with Crippen LogP contribution in [0.1, 0.15) is 31.1 Å². The number of hydrogen-bond acceptors (Lipinski definition) is 3. The molecule has 0 aliphatic heterocycles. The smallest absolute Gasteiger partial charge is 0.444 e. The minimum Gasteiger partial charge on any atom is -0.444 e. The Bertz CT molecular complexity index is 565. The number of carbonyl (C=O) groups excluding carboxylic acids is 2. The summed E-state index contributed by atoms with van der Waals surface area (Å²) < 4.78 is 42.0. The maximum Gasteiger partial charge on any atom is 0.454 e. The molecule has 1 N–H and O–H groups in total. The molecule has 0 spiro atoms. The van der Waals surface area contributed by atoms with Gasteiger partial charge in [0.2, 0.25) is 0 Å². The van der Waals surface area contributed by atoms with Gasteiger partial charge in [0.1, 0.15) is 5.60 Å². The fraction of sp³-hybridized carbons (Fsp3) is 0.385. The van der Waals surface area contributed by atoms with Crippen LogP contribution in [0, 0.1) is 0 Å². The number of rotatable bonds is 2. The van der Waals surface area contributed by atoms with Gasteiger partial charge in [0.25, 0.3) is 5.78 Å². The first-order valence-corrected chi connectivity index (χ1v) is 6.19. The third-order valence-corrected chi connectivity index (χ3v) is 2.45. The number of amides is 1. The van der Waals surface area contributed by atoms with Crippen LogP contribution in [0.4, 0.5) is 23.7 Å². The highest BCUT2D eigenvalue weighted by Gasteiger charge is 2.39. The zero-order valence-electron chi connectivity index (χ0n) is 11.5. The van der Waals surface area contributed by atoms with E-state index in [1.807, 2.05) is 0 Å². The van der Waals surface area contributed by atoms with Crippen LogP contribution >= 0.6 is 11.6 Å². The first-order chi connectivity index (χ1) is 9.40. The van der Waals surface area contributed by atoms with Crippen molar-refractivity contribution in [3.05, 3.63) is 28.8 Å². The lowest BCUT2D eigenvalue weighted by atomic mass is 10.1. The zero-order valence-corrected chi connectivity index (χ0v) is 12.2. The topological polar surface area (TPSA) is 55.4 Å². The molecule has 1 amide bonds. The number of ketones is 1. The number of halogens is 4. The van der Waals surface area contributed by atoms with Gasteiger partial charge in [-0.3, -0.25) is 10.1 Å². The van der Waals surface area contributed by atoms with Crippen LogP contribution in [0.25, 0.3) is 0 Å². The van der Waals surface area contributed by atoms with Gasteiger partial charge in [0, 0.05) is 5.56 Å². The Labute approximate surface area is 124 Å². The van der Waals surface area contributed by atoms with E-state index in [1.165, 1.54) is 0 Å². The molecule has 8 heteroatoms. The molecule has 0 aromatic heterocycles. The van der Waals surface area contributed by atoms with E-state index in [2.05, 4.69) is 5.32 Å². The van der Waals surface area contributed by atoms with E-state index < -0.39 is 29.2 Å². The average molecular weight is 324 g/mol. The SMILES string of the molecule is CC(C)(C)OC(=O)Nc1cc(C(=O)C(F)(F)F)ccc1Cl. The van der Waals surface area contributed by atoms with E-state index in [4.69, 9.17) is 16.3 Å². The second-order valence-electron chi connectivity index (χ2n) is 5.15. The summed E-state index contributed by atoms with van der Waals surface area (Å²) >= 11 is 5.77. The summed E-state index contributed by atoms with van der Waals surface area (Å²) in [6.45, 7) is 4.87. The van der Waals surface area contributed by atoms with E-state index in [0.717, 1.165) is 18.2 Å². The van der Waals surface area contributed by atoms with Gasteiger partial charge in [0.15, 0.2) is 0 Å². The van der Waals surface area contributed by atoms with Gasteiger partial charge in [-0.1, -0.05) is 11.6 Å². The lowest BCUT2D eigenvalue weighted by Gasteiger charge is -2.20. The number of anilines is 1. The van der Waals surface area contributed by atoms with Gasteiger partial charge >= 0.3 is 12.3 Å². The summed E-state index contributed by atoms with van der Waals surface area (Å²) in [5, 5.41) is 2.19. The van der Waals surface area contributed by atoms with Crippen molar-refractivity contribution < 1.29 is 27.5 Å². The van der Waals surface area contributed by atoms with Gasteiger partial charge in [-0.15, -0.1) is 0 Å². The summed E-state index contributed by atoms with van der Waals surface area (Å²) in [5.74, 6) is -2.02. The Kier molecular flexibility index (Phi) is 4.88. The number of benzene rings is 1. The molecular weight excluding hydrogens is 311 g/mol. The second-order valence-corrected chi connectivity index (χ2v) is 5.56. The molecule has 1 aromatic rings. The van der Waals surface area contributed by atoms with Crippen molar-refractivity contribution in [2.45, 2.75) is 32.5 Å². The van der Waals surface area contributed by atoms with Crippen LogP contribution in [-0.2, 0) is 4.74 Å². The summed E-state index contributed by atoms with van der Waals surface area (Å²) in [6, 6.07) is 2.87. The number of Topliss-reactive ketones (excluding diaryl/α,β-unsaturated/α-hetero) is 1. The largest absolute Gasteiger partial charge is 0.454 e. The molecule has 0 saturated carbocycles. The van der Waals surface area contributed by atoms with Crippen molar-refractivity contribution in [2.75, 3.05) is 5.32 Å². The standard InChI is InChI=1S/C13H13ClF3NO3/c1-12(2,3)21-11(20)18-9-6-7(4-5-8(9)14)10(19)13(15,16)17/h4-6H,1-3H3,(H,18,20). The summed E-state index contributed by atoms with van der Waals surface area (Å²) in [5.41, 5.74) is -1.55. The van der Waals surface area contributed by atoms with Crippen LogP contribution in [-0.4, -0.2) is 23.7 Å². The third-order valence-electron chi connectivity index (χ3n) is 2.12. The zero-order chi connectivity index (χ0) is 16.4. The van der Waals surface area contributed by atoms with Gasteiger partial charge in [0.05, 0.1) is 10.7 Å². The number of ether oxygens (including phenoxy) is 1. The number of carbonyl (C=O) groups is 2. The Balaban J connectivity index is 2.99. The highest BCUT2D eigenvalue weighted by Crippen LogP contribution is 2.28. The van der Waals surface area contributed by atoms with E-state index in [9.17, 15) is 22.8 Å². The van der Waals surface area contributed by atoms with Crippen molar-refractivity contribution in [1.82, 2.24) is 0 Å². The number of hydrogen-bond donors (Lipinski definition) is 1. The second kappa shape index (κ2) is 5.93. The normalized spacial score (nSPS) is 12.0. The molecule has 0 heterocycles. The predicted molar refractivity (Wildman–Crippen MR) is 71.7 cm³/mol. The maximum absolute atomic E-state index is 12.4. The molecule has 0 aliphatic rings. The predicted octanol–water partition coefficient (Wildman–Crippen LogP) is 4.43. The molecule has 116 valence electrons. The summed E-state index contributed by atoms with van der Waals surface area (Å²) in [6.07, 6.45) is -5.89. The minimum absolute atomic E-state index is 0.0143. The Morgan fingerprint density at radius 3 is 2.24 bits per heavy atom. The molecule has 0 aliphatic carbocycles. The minimum atomic E-state index is -5.00. The molecule has 0 unspecified atom stereocenters. The molecule has 0 fully saturated rings. The lowest BCUT2D eigenvalue weighted by molar-refractivity contribution is -0.0885. The summed E-state index contributed by atoms with van der Waals surface area (Å²) in [4.78, 5) is 22.7. The lowest BCUT2D eigenvalue weighted by Crippen LogP contribution is -2.27. The fourth-order valence-corrected chi connectivity index (χ4v) is 1.50. The average Bonchev–Trinajstić information content (AvgIpc) is 2.27. The molecule has 1 aromatic carbocycles.